The fraction of sp³-hybridized carbons (Fsp3) is 0.818. The van der Waals surface area contributed by atoms with Crippen LogP contribution >= 0.6 is 0 Å². The van der Waals surface area contributed by atoms with Crippen molar-refractivity contribution in [2.24, 2.45) is 0 Å². The predicted octanol–water partition coefficient (Wildman–Crippen LogP) is -0.834. The van der Waals surface area contributed by atoms with Gasteiger partial charge in [-0.15, -0.1) is 0 Å². The highest BCUT2D eigenvalue weighted by Gasteiger charge is 2.29. The Morgan fingerprint density at radius 3 is 2.28 bits per heavy atom. The number of hydrogen-bond acceptors (Lipinski definition) is 4. The number of carboxylic acid groups (broad SMARTS) is 1. The number of carbonyl (C=O) groups excluding carboxylic acids is 1. The van der Waals surface area contributed by atoms with Crippen LogP contribution in [0.5, 0.6) is 0 Å². The second-order valence-electron chi connectivity index (χ2n) is 4.81. The van der Waals surface area contributed by atoms with Crippen LogP contribution in [0.1, 0.15) is 13.8 Å². The van der Waals surface area contributed by atoms with Crippen molar-refractivity contribution in [2.45, 2.75) is 32.0 Å². The number of carbonyl (C=O) groups is 2. The third-order valence-electron chi connectivity index (χ3n) is 3.38. The van der Waals surface area contributed by atoms with E-state index in [-0.39, 0.29) is 24.7 Å². The van der Waals surface area contributed by atoms with Crippen molar-refractivity contribution >= 4 is 12.0 Å². The van der Waals surface area contributed by atoms with Gasteiger partial charge >= 0.3 is 12.0 Å². The van der Waals surface area contributed by atoms with E-state index in [0.717, 1.165) is 0 Å². The summed E-state index contributed by atoms with van der Waals surface area (Å²) >= 11 is 0. The van der Waals surface area contributed by atoms with Gasteiger partial charge in [0.05, 0.1) is 6.54 Å². The monoisotopic (exact) mass is 259 g/mol. The van der Waals surface area contributed by atoms with Gasteiger partial charge in [0.15, 0.2) is 6.10 Å². The highest BCUT2D eigenvalue weighted by molar-refractivity contribution is 5.77. The molecule has 2 amide bonds. The largest absolute Gasteiger partial charge is 0.479 e. The van der Waals surface area contributed by atoms with Crippen molar-refractivity contribution < 1.29 is 19.8 Å². The van der Waals surface area contributed by atoms with Crippen LogP contribution in [-0.2, 0) is 4.79 Å². The molecule has 18 heavy (non-hydrogen) atoms. The third kappa shape index (κ3) is 3.58. The lowest BCUT2D eigenvalue weighted by Gasteiger charge is -2.42. The van der Waals surface area contributed by atoms with E-state index in [4.69, 9.17) is 10.2 Å². The average molecular weight is 259 g/mol. The van der Waals surface area contributed by atoms with Crippen LogP contribution in [0.25, 0.3) is 0 Å². The normalized spacial score (nSPS) is 26.8. The Morgan fingerprint density at radius 1 is 1.33 bits per heavy atom. The van der Waals surface area contributed by atoms with Gasteiger partial charge in [-0.1, -0.05) is 0 Å². The summed E-state index contributed by atoms with van der Waals surface area (Å²) in [4.78, 5) is 26.1. The van der Waals surface area contributed by atoms with Crippen LogP contribution < -0.4 is 5.32 Å². The van der Waals surface area contributed by atoms with E-state index in [1.54, 1.807) is 4.90 Å². The number of rotatable bonds is 3. The van der Waals surface area contributed by atoms with Crippen molar-refractivity contribution in [1.29, 1.82) is 0 Å². The number of hydrogen-bond donors (Lipinski definition) is 3. The molecule has 3 atom stereocenters. The van der Waals surface area contributed by atoms with Gasteiger partial charge in [0.2, 0.25) is 0 Å². The summed E-state index contributed by atoms with van der Waals surface area (Å²) in [7, 11) is 2.01. The molecule has 1 rings (SSSR count). The summed E-state index contributed by atoms with van der Waals surface area (Å²) in [5, 5.41) is 20.0. The van der Waals surface area contributed by atoms with Crippen molar-refractivity contribution in [2.75, 3.05) is 26.7 Å². The maximum atomic E-state index is 11.8. The first-order valence-corrected chi connectivity index (χ1v) is 5.98. The maximum absolute atomic E-state index is 11.8. The molecule has 104 valence electrons. The number of nitrogens with one attached hydrogen (secondary N) is 1. The average Bonchev–Trinajstić information content (AvgIpc) is 2.31. The molecule has 0 aromatic carbocycles. The molecule has 1 fully saturated rings. The lowest BCUT2D eigenvalue weighted by atomic mass is 10.1. The minimum absolute atomic E-state index is 0.254. The van der Waals surface area contributed by atoms with Crippen molar-refractivity contribution in [3.8, 4) is 0 Å². The van der Waals surface area contributed by atoms with Gasteiger partial charge in [-0.2, -0.15) is 0 Å². The van der Waals surface area contributed by atoms with Gasteiger partial charge in [0, 0.05) is 25.2 Å². The molecular formula is C11H21N3O4. The summed E-state index contributed by atoms with van der Waals surface area (Å²) < 4.78 is 0. The number of piperazine rings is 1. The quantitative estimate of drug-likeness (QED) is 0.615. The molecule has 0 bridgehead atoms. The molecule has 0 aliphatic carbocycles. The topological polar surface area (TPSA) is 93.1 Å². The van der Waals surface area contributed by atoms with Crippen LogP contribution in [0.4, 0.5) is 4.79 Å². The van der Waals surface area contributed by atoms with E-state index in [1.165, 1.54) is 0 Å². The fourth-order valence-electron chi connectivity index (χ4n) is 1.95. The van der Waals surface area contributed by atoms with Gasteiger partial charge in [-0.05, 0) is 20.9 Å². The molecule has 0 aromatic rings. The Bertz CT molecular complexity index is 311. The summed E-state index contributed by atoms with van der Waals surface area (Å²) in [6.07, 6.45) is -1.56. The van der Waals surface area contributed by atoms with Crippen LogP contribution in [0.15, 0.2) is 0 Å². The Morgan fingerprint density at radius 2 is 1.83 bits per heavy atom. The molecule has 0 aromatic heterocycles. The number of aliphatic hydroxyl groups excluding tert-OH is 1. The predicted molar refractivity (Wildman–Crippen MR) is 65.3 cm³/mol. The van der Waals surface area contributed by atoms with Gasteiger partial charge in [0.25, 0.3) is 0 Å². The number of likely N-dealkylation sites (N-methyl/N-ethyl adjacent to an activating group) is 1. The highest BCUT2D eigenvalue weighted by atomic mass is 16.4. The van der Waals surface area contributed by atoms with Crippen LogP contribution in [0.3, 0.4) is 0 Å². The SMILES string of the molecule is CC1CN(C(=O)NC[C@H](O)C(=O)O)CC(C)N1C. The van der Waals surface area contributed by atoms with Crippen molar-refractivity contribution in [1.82, 2.24) is 15.1 Å². The van der Waals surface area contributed by atoms with Gasteiger partial charge in [0.1, 0.15) is 0 Å². The number of aliphatic carboxylic acids is 1. The van der Waals surface area contributed by atoms with E-state index < -0.39 is 12.1 Å². The van der Waals surface area contributed by atoms with E-state index in [9.17, 15) is 9.59 Å². The molecule has 1 aliphatic rings. The Balaban J connectivity index is 2.45. The van der Waals surface area contributed by atoms with Crippen molar-refractivity contribution in [3.63, 3.8) is 0 Å². The molecule has 3 N–H and O–H groups in total. The number of urea groups is 1. The minimum Gasteiger partial charge on any atom is -0.479 e. The smallest absolute Gasteiger partial charge is 0.334 e. The first-order valence-electron chi connectivity index (χ1n) is 5.98. The number of amides is 2. The zero-order valence-corrected chi connectivity index (χ0v) is 11.0. The summed E-state index contributed by atoms with van der Waals surface area (Å²) in [6, 6.07) is 0.176. The summed E-state index contributed by atoms with van der Waals surface area (Å²) in [6.45, 7) is 4.97. The first-order chi connectivity index (χ1) is 8.32. The van der Waals surface area contributed by atoms with Gasteiger partial charge in [-0.25, -0.2) is 9.59 Å². The molecular weight excluding hydrogens is 238 g/mol. The van der Waals surface area contributed by atoms with Crippen LogP contribution in [-0.4, -0.2) is 76.9 Å². The second kappa shape index (κ2) is 6.01. The Labute approximate surface area is 106 Å². The molecule has 7 nitrogen and oxygen atoms in total. The highest BCUT2D eigenvalue weighted by Crippen LogP contribution is 2.13. The Kier molecular flexibility index (Phi) is 4.92. The van der Waals surface area contributed by atoms with Gasteiger partial charge in [-0.3, -0.25) is 4.90 Å². The zero-order chi connectivity index (χ0) is 13.9. The lowest BCUT2D eigenvalue weighted by molar-refractivity contribution is -0.146. The molecule has 0 radical (unpaired) electrons. The summed E-state index contributed by atoms with van der Waals surface area (Å²) in [5.74, 6) is -1.34. The molecule has 2 unspecified atom stereocenters. The van der Waals surface area contributed by atoms with Crippen LogP contribution in [0.2, 0.25) is 0 Å². The Hall–Kier alpha value is -1.34. The number of carboxylic acids is 1. The zero-order valence-electron chi connectivity index (χ0n) is 11.0. The molecule has 0 spiro atoms. The summed E-state index contributed by atoms with van der Waals surface area (Å²) in [5.41, 5.74) is 0. The van der Waals surface area contributed by atoms with E-state index >= 15 is 0 Å². The van der Waals surface area contributed by atoms with E-state index in [1.807, 2.05) is 20.9 Å². The van der Waals surface area contributed by atoms with E-state index in [0.29, 0.717) is 13.1 Å². The van der Waals surface area contributed by atoms with Crippen LogP contribution in [0, 0.1) is 0 Å². The lowest BCUT2D eigenvalue weighted by Crippen LogP contribution is -2.58. The van der Waals surface area contributed by atoms with E-state index in [2.05, 4.69) is 10.2 Å². The number of aliphatic hydroxyl groups is 1. The molecule has 0 saturated carbocycles. The fourth-order valence-corrected chi connectivity index (χ4v) is 1.95. The second-order valence-corrected chi connectivity index (χ2v) is 4.81. The molecule has 1 heterocycles. The first kappa shape index (κ1) is 14.7. The third-order valence-corrected chi connectivity index (χ3v) is 3.38. The standard InChI is InChI=1S/C11H21N3O4/c1-7-5-14(6-8(2)13(7)3)11(18)12-4-9(15)10(16)17/h7-9,15H,4-6H2,1-3H3,(H,12,18)(H,16,17)/t7?,8?,9-/m0/s1. The molecule has 7 heteroatoms. The number of nitrogens with zero attached hydrogens (tertiary/aromatic N) is 2. The minimum atomic E-state index is -1.56. The molecule has 1 aliphatic heterocycles. The maximum Gasteiger partial charge on any atom is 0.334 e. The molecule has 1 saturated heterocycles. The van der Waals surface area contributed by atoms with Gasteiger partial charge < -0.3 is 20.4 Å². The van der Waals surface area contributed by atoms with Crippen molar-refractivity contribution in [3.05, 3.63) is 0 Å².